The Labute approximate surface area is 53.1 Å². The number of ether oxygens (including phenoxy) is 1. The number of aliphatic hydroxyl groups is 2. The summed E-state index contributed by atoms with van der Waals surface area (Å²) < 4.78 is 3.90. The lowest BCUT2D eigenvalue weighted by molar-refractivity contribution is -0.315. The second kappa shape index (κ2) is 3.42. The molecular weight excluding hydrogens is 124 g/mol. The van der Waals surface area contributed by atoms with Crippen LogP contribution in [0.25, 0.3) is 0 Å². The van der Waals surface area contributed by atoms with Crippen LogP contribution in [0.1, 0.15) is 19.8 Å². The van der Waals surface area contributed by atoms with Crippen LogP contribution in [0.4, 0.5) is 0 Å². The molecule has 0 saturated carbocycles. The predicted octanol–water partition coefficient (Wildman–Crippen LogP) is -0.402. The van der Waals surface area contributed by atoms with E-state index in [1.807, 2.05) is 0 Å². The molecule has 2 N–H and O–H groups in total. The summed E-state index contributed by atoms with van der Waals surface area (Å²) in [7, 11) is 0. The average Bonchev–Trinajstić information content (AvgIpc) is 1.64. The molecular formula is C5H10O4. The second-order valence-corrected chi connectivity index (χ2v) is 1.71. The molecule has 9 heavy (non-hydrogen) atoms. The molecule has 0 amide bonds. The van der Waals surface area contributed by atoms with Gasteiger partial charge in [-0.05, 0) is 6.42 Å². The summed E-state index contributed by atoms with van der Waals surface area (Å²) in [5, 5.41) is 17.2. The number of carbonyl (C=O) groups is 1. The van der Waals surface area contributed by atoms with Crippen LogP contribution in [-0.4, -0.2) is 22.7 Å². The Kier molecular flexibility index (Phi) is 3.19. The van der Waals surface area contributed by atoms with E-state index in [2.05, 4.69) is 4.74 Å². The van der Waals surface area contributed by atoms with Crippen molar-refractivity contribution < 1.29 is 19.7 Å². The molecule has 0 aromatic heterocycles. The fraction of sp³-hybridized carbons (Fsp3) is 0.800. The van der Waals surface area contributed by atoms with Gasteiger partial charge in [-0.25, -0.2) is 0 Å². The lowest BCUT2D eigenvalue weighted by atomic mass is 10.3. The van der Waals surface area contributed by atoms with Crippen LogP contribution in [-0.2, 0) is 9.53 Å². The van der Waals surface area contributed by atoms with E-state index in [1.165, 1.54) is 0 Å². The molecule has 0 atom stereocenters. The molecule has 0 radical (unpaired) electrons. The standard InChI is InChI=1S/C5H10O4/c1-2-3-5(7,8)9-4-6/h4,7-8H,2-3H2,1H3. The lowest BCUT2D eigenvalue weighted by Crippen LogP contribution is -2.30. The molecule has 54 valence electrons. The highest BCUT2D eigenvalue weighted by Crippen LogP contribution is 2.07. The van der Waals surface area contributed by atoms with Gasteiger partial charge in [0, 0.05) is 6.42 Å². The van der Waals surface area contributed by atoms with Crippen molar-refractivity contribution in [2.75, 3.05) is 0 Å². The van der Waals surface area contributed by atoms with Crippen LogP contribution in [0.2, 0.25) is 0 Å². The Hall–Kier alpha value is -0.610. The van der Waals surface area contributed by atoms with Gasteiger partial charge in [0.1, 0.15) is 0 Å². The normalized spacial score (nSPS) is 11.0. The van der Waals surface area contributed by atoms with E-state index in [0.29, 0.717) is 6.42 Å². The van der Waals surface area contributed by atoms with Crippen LogP contribution in [0.15, 0.2) is 0 Å². The van der Waals surface area contributed by atoms with Gasteiger partial charge in [-0.3, -0.25) is 4.79 Å². The van der Waals surface area contributed by atoms with Gasteiger partial charge in [0.05, 0.1) is 0 Å². The Morgan fingerprint density at radius 3 is 2.56 bits per heavy atom. The first-order valence-corrected chi connectivity index (χ1v) is 2.68. The van der Waals surface area contributed by atoms with Crippen molar-refractivity contribution in [3.05, 3.63) is 0 Å². The van der Waals surface area contributed by atoms with E-state index < -0.39 is 5.97 Å². The van der Waals surface area contributed by atoms with Crippen molar-refractivity contribution in [1.29, 1.82) is 0 Å². The molecule has 0 spiro atoms. The first-order chi connectivity index (χ1) is 4.12. The number of hydrogen-bond donors (Lipinski definition) is 2. The highest BCUT2D eigenvalue weighted by atomic mass is 16.8. The maximum absolute atomic E-state index is 9.55. The summed E-state index contributed by atoms with van der Waals surface area (Å²) in [5.74, 6) is -2.27. The minimum absolute atomic E-state index is 0.00958. The van der Waals surface area contributed by atoms with E-state index in [-0.39, 0.29) is 12.9 Å². The van der Waals surface area contributed by atoms with E-state index in [4.69, 9.17) is 10.2 Å². The van der Waals surface area contributed by atoms with E-state index in [1.54, 1.807) is 6.92 Å². The highest BCUT2D eigenvalue weighted by molar-refractivity contribution is 5.37. The minimum Gasteiger partial charge on any atom is -0.410 e. The molecule has 4 nitrogen and oxygen atoms in total. The zero-order chi connectivity index (χ0) is 7.33. The quantitative estimate of drug-likeness (QED) is 0.405. The molecule has 0 rings (SSSR count). The zero-order valence-corrected chi connectivity index (χ0v) is 5.20. The van der Waals surface area contributed by atoms with Gasteiger partial charge in [-0.1, -0.05) is 6.92 Å². The largest absolute Gasteiger partial charge is 0.410 e. The summed E-state index contributed by atoms with van der Waals surface area (Å²) in [6.07, 6.45) is 0.576. The van der Waals surface area contributed by atoms with Crippen LogP contribution in [0, 0.1) is 0 Å². The van der Waals surface area contributed by atoms with Crippen LogP contribution >= 0.6 is 0 Å². The average molecular weight is 134 g/mol. The summed E-state index contributed by atoms with van der Waals surface area (Å²) in [6, 6.07) is 0. The van der Waals surface area contributed by atoms with Crippen molar-refractivity contribution in [3.63, 3.8) is 0 Å². The van der Waals surface area contributed by atoms with Crippen molar-refractivity contribution >= 4 is 6.47 Å². The molecule has 0 aliphatic carbocycles. The highest BCUT2D eigenvalue weighted by Gasteiger charge is 2.22. The first-order valence-electron chi connectivity index (χ1n) is 2.68. The summed E-state index contributed by atoms with van der Waals surface area (Å²) in [5.41, 5.74) is 0. The Bertz CT molecular complexity index is 89.0. The van der Waals surface area contributed by atoms with Crippen molar-refractivity contribution in [1.82, 2.24) is 0 Å². The van der Waals surface area contributed by atoms with Crippen molar-refractivity contribution in [2.45, 2.75) is 25.7 Å². The summed E-state index contributed by atoms with van der Waals surface area (Å²) >= 11 is 0. The molecule has 0 aromatic carbocycles. The monoisotopic (exact) mass is 134 g/mol. The number of hydrogen-bond acceptors (Lipinski definition) is 4. The summed E-state index contributed by atoms with van der Waals surface area (Å²) in [4.78, 5) is 9.55. The van der Waals surface area contributed by atoms with E-state index >= 15 is 0 Å². The SMILES string of the molecule is CCCC(O)(O)OC=O. The van der Waals surface area contributed by atoms with E-state index in [9.17, 15) is 4.79 Å². The summed E-state index contributed by atoms with van der Waals surface area (Å²) in [6.45, 7) is 1.75. The lowest BCUT2D eigenvalue weighted by Gasteiger charge is -2.16. The number of carbonyl (C=O) groups excluding carboxylic acids is 1. The predicted molar refractivity (Wildman–Crippen MR) is 29.2 cm³/mol. The van der Waals surface area contributed by atoms with E-state index in [0.717, 1.165) is 0 Å². The second-order valence-electron chi connectivity index (χ2n) is 1.71. The molecule has 0 heterocycles. The maximum Gasteiger partial charge on any atom is 0.324 e. The fourth-order valence-electron chi connectivity index (χ4n) is 0.462. The maximum atomic E-state index is 9.55. The molecule has 0 unspecified atom stereocenters. The smallest absolute Gasteiger partial charge is 0.324 e. The molecule has 0 fully saturated rings. The molecule has 4 heteroatoms. The molecule has 0 aromatic rings. The minimum atomic E-state index is -2.27. The Balaban J connectivity index is 3.55. The third-order valence-electron chi connectivity index (χ3n) is 0.813. The molecule has 0 saturated heterocycles. The van der Waals surface area contributed by atoms with Crippen LogP contribution < -0.4 is 0 Å². The third kappa shape index (κ3) is 3.93. The molecule has 0 aliphatic heterocycles. The Morgan fingerprint density at radius 1 is 1.67 bits per heavy atom. The molecule has 0 aliphatic rings. The fourth-order valence-corrected chi connectivity index (χ4v) is 0.462. The number of rotatable bonds is 4. The van der Waals surface area contributed by atoms with Crippen LogP contribution in [0.3, 0.4) is 0 Å². The van der Waals surface area contributed by atoms with Crippen molar-refractivity contribution in [3.8, 4) is 0 Å². The van der Waals surface area contributed by atoms with Gasteiger partial charge in [0.15, 0.2) is 0 Å². The van der Waals surface area contributed by atoms with Crippen molar-refractivity contribution in [2.24, 2.45) is 0 Å². The van der Waals surface area contributed by atoms with Gasteiger partial charge in [0.25, 0.3) is 6.47 Å². The van der Waals surface area contributed by atoms with Gasteiger partial charge >= 0.3 is 5.97 Å². The topological polar surface area (TPSA) is 66.8 Å². The first kappa shape index (κ1) is 8.39. The van der Waals surface area contributed by atoms with Gasteiger partial charge in [-0.15, -0.1) is 0 Å². The molecule has 0 bridgehead atoms. The third-order valence-corrected chi connectivity index (χ3v) is 0.813. The van der Waals surface area contributed by atoms with Gasteiger partial charge in [0.2, 0.25) is 0 Å². The van der Waals surface area contributed by atoms with Gasteiger partial charge in [-0.2, -0.15) is 0 Å². The Morgan fingerprint density at radius 2 is 2.22 bits per heavy atom. The zero-order valence-electron chi connectivity index (χ0n) is 5.20. The van der Waals surface area contributed by atoms with Gasteiger partial charge < -0.3 is 14.9 Å². The van der Waals surface area contributed by atoms with Crippen LogP contribution in [0.5, 0.6) is 0 Å².